The van der Waals surface area contributed by atoms with E-state index < -0.39 is 57.7 Å². The van der Waals surface area contributed by atoms with Crippen LogP contribution >= 0.6 is 11.6 Å². The van der Waals surface area contributed by atoms with Crippen molar-refractivity contribution in [3.63, 3.8) is 0 Å². The molecule has 1 aromatic carbocycles. The van der Waals surface area contributed by atoms with Crippen molar-refractivity contribution in [3.05, 3.63) is 35.2 Å². The Balaban J connectivity index is 2.40. The van der Waals surface area contributed by atoms with Gasteiger partial charge in [-0.05, 0) is 24.6 Å². The summed E-state index contributed by atoms with van der Waals surface area (Å²) in [7, 11) is -7.27. The monoisotopic (exact) mass is 462 g/mol. The van der Waals surface area contributed by atoms with Crippen LogP contribution in [0.5, 0.6) is 5.75 Å². The molecule has 0 aliphatic carbocycles. The van der Waals surface area contributed by atoms with Gasteiger partial charge >= 0.3 is 6.18 Å². The van der Waals surface area contributed by atoms with Crippen LogP contribution in [-0.2, 0) is 20.0 Å². The fourth-order valence-corrected chi connectivity index (χ4v) is 5.34. The fourth-order valence-electron chi connectivity index (χ4n) is 2.80. The Kier molecular flexibility index (Phi) is 6.41. The van der Waals surface area contributed by atoms with Crippen LogP contribution in [0.1, 0.15) is 6.42 Å². The van der Waals surface area contributed by atoms with E-state index in [1.807, 2.05) is 4.72 Å². The highest BCUT2D eigenvalue weighted by Crippen LogP contribution is 2.47. The van der Waals surface area contributed by atoms with Crippen LogP contribution in [0.3, 0.4) is 0 Å². The molecule has 1 aliphatic rings. The molecule has 0 radical (unpaired) electrons. The number of sulfonamides is 2. The number of alkyl halides is 3. The molecule has 1 saturated heterocycles. The van der Waals surface area contributed by atoms with Crippen LogP contribution < -0.4 is 9.46 Å². The largest absolute Gasteiger partial charge is 0.495 e. The van der Waals surface area contributed by atoms with E-state index in [2.05, 4.69) is 6.58 Å². The molecule has 0 saturated carbocycles. The summed E-state index contributed by atoms with van der Waals surface area (Å²) in [4.78, 5) is -0.368. The van der Waals surface area contributed by atoms with Crippen LogP contribution in [0.25, 0.3) is 0 Å². The lowest BCUT2D eigenvalue weighted by Gasteiger charge is -2.31. The fraction of sp³-hybridized carbons (Fsp3) is 0.467. The molecule has 0 bridgehead atoms. The number of nitrogens with one attached hydrogen (secondary N) is 1. The van der Waals surface area contributed by atoms with Crippen LogP contribution in [-0.4, -0.2) is 54.1 Å². The van der Waals surface area contributed by atoms with Crippen molar-refractivity contribution in [1.29, 1.82) is 0 Å². The summed E-state index contributed by atoms with van der Waals surface area (Å²) in [6.07, 6.45) is -5.46. The molecule has 13 heteroatoms. The number of nitrogens with zero attached hydrogens (tertiary/aromatic N) is 1. The van der Waals surface area contributed by atoms with Gasteiger partial charge in [-0.25, -0.2) is 21.6 Å². The highest BCUT2D eigenvalue weighted by molar-refractivity contribution is 7.92. The third-order valence-electron chi connectivity index (χ3n) is 4.49. The van der Waals surface area contributed by atoms with Crippen molar-refractivity contribution < 1.29 is 34.7 Å². The van der Waals surface area contributed by atoms with Crippen molar-refractivity contribution in [2.45, 2.75) is 17.5 Å². The smallest absolute Gasteiger partial charge is 0.397 e. The van der Waals surface area contributed by atoms with Crippen LogP contribution in [0, 0.1) is 5.41 Å². The molecule has 1 aliphatic heterocycles. The van der Waals surface area contributed by atoms with Gasteiger partial charge in [-0.2, -0.15) is 17.5 Å². The Hall–Kier alpha value is -1.34. The van der Waals surface area contributed by atoms with E-state index in [0.29, 0.717) is 9.71 Å². The average molecular weight is 463 g/mol. The first-order valence-corrected chi connectivity index (χ1v) is 11.2. The normalized spacial score (nSPS) is 21.6. The summed E-state index contributed by atoms with van der Waals surface area (Å²) in [5.41, 5.74) is -2.58. The maximum absolute atomic E-state index is 13.7. The van der Waals surface area contributed by atoms with E-state index in [1.165, 1.54) is 19.2 Å². The molecule has 0 spiro atoms. The maximum atomic E-state index is 13.7. The first-order chi connectivity index (χ1) is 12.8. The number of hydrogen-bond donors (Lipinski definition) is 1. The summed E-state index contributed by atoms with van der Waals surface area (Å²) in [5.74, 6) is -0.0683. The molecule has 1 N–H and O–H groups in total. The summed E-state index contributed by atoms with van der Waals surface area (Å²) < 4.78 is 97.4. The van der Waals surface area contributed by atoms with E-state index in [1.54, 1.807) is 0 Å². The average Bonchev–Trinajstić information content (AvgIpc) is 3.07. The molecule has 1 unspecified atom stereocenters. The molecule has 28 heavy (non-hydrogen) atoms. The van der Waals surface area contributed by atoms with Gasteiger partial charge in [0.2, 0.25) is 20.0 Å². The lowest BCUT2D eigenvalue weighted by atomic mass is 9.87. The Labute approximate surface area is 166 Å². The minimum Gasteiger partial charge on any atom is -0.495 e. The summed E-state index contributed by atoms with van der Waals surface area (Å²) in [6, 6.07) is 3.76. The van der Waals surface area contributed by atoms with E-state index >= 15 is 0 Å². The van der Waals surface area contributed by atoms with Crippen LogP contribution in [0.15, 0.2) is 35.1 Å². The van der Waals surface area contributed by atoms with Gasteiger partial charge in [0.25, 0.3) is 0 Å². The Morgan fingerprint density at radius 2 is 2.00 bits per heavy atom. The predicted molar refractivity (Wildman–Crippen MR) is 97.0 cm³/mol. The van der Waals surface area contributed by atoms with E-state index in [0.717, 1.165) is 6.07 Å². The zero-order valence-electron chi connectivity index (χ0n) is 14.7. The highest BCUT2D eigenvalue weighted by Gasteiger charge is 2.59. The third kappa shape index (κ3) is 4.46. The second-order valence-corrected chi connectivity index (χ2v) is 10.2. The highest BCUT2D eigenvalue weighted by atomic mass is 35.5. The first kappa shape index (κ1) is 22.9. The second-order valence-electron chi connectivity index (χ2n) is 6.19. The molecule has 1 aromatic rings. The summed E-state index contributed by atoms with van der Waals surface area (Å²) in [5, 5.41) is 0.552. The topological polar surface area (TPSA) is 92.8 Å². The standard InChI is InChI=1S/C15H18ClF3N2O5S2/c1-3-27(22,23)20-9-14(15(17,18)19)6-7-21(10-14)28(24,25)13-8-11(16)4-5-12(13)26-2/h3-5,8,20H,1,6-7,9-10H2,2H3. The summed E-state index contributed by atoms with van der Waals surface area (Å²) in [6.45, 7) is 0.608. The number of methoxy groups -OCH3 is 1. The van der Waals surface area contributed by atoms with Crippen molar-refractivity contribution in [2.24, 2.45) is 5.41 Å². The molecule has 1 heterocycles. The van der Waals surface area contributed by atoms with Crippen molar-refractivity contribution in [1.82, 2.24) is 9.03 Å². The molecule has 2 rings (SSSR count). The van der Waals surface area contributed by atoms with Gasteiger partial charge in [0.15, 0.2) is 0 Å². The molecular weight excluding hydrogens is 445 g/mol. The lowest BCUT2D eigenvalue weighted by molar-refractivity contribution is -0.215. The molecule has 7 nitrogen and oxygen atoms in total. The molecule has 158 valence electrons. The van der Waals surface area contributed by atoms with Gasteiger partial charge < -0.3 is 4.74 Å². The number of rotatable bonds is 7. The zero-order chi connectivity index (χ0) is 21.4. The van der Waals surface area contributed by atoms with Gasteiger partial charge in [0, 0.05) is 30.1 Å². The van der Waals surface area contributed by atoms with Crippen LogP contribution in [0.2, 0.25) is 5.02 Å². The Bertz CT molecular complexity index is 966. The van der Waals surface area contributed by atoms with E-state index in [-0.39, 0.29) is 15.7 Å². The predicted octanol–water partition coefficient (Wildman–Crippen LogP) is 2.35. The molecule has 0 aromatic heterocycles. The molecular formula is C15H18ClF3N2O5S2. The number of hydrogen-bond acceptors (Lipinski definition) is 5. The minimum atomic E-state index is -4.85. The SMILES string of the molecule is C=CS(=O)(=O)NCC1(C(F)(F)F)CCN(S(=O)(=O)c2cc(Cl)ccc2OC)C1. The third-order valence-corrected chi connectivity index (χ3v) is 7.58. The molecule has 0 amide bonds. The number of halogens is 4. The van der Waals surface area contributed by atoms with Crippen molar-refractivity contribution in [2.75, 3.05) is 26.7 Å². The first-order valence-electron chi connectivity index (χ1n) is 7.80. The molecule has 1 atom stereocenters. The quantitative estimate of drug-likeness (QED) is 0.671. The van der Waals surface area contributed by atoms with Gasteiger partial charge in [-0.15, -0.1) is 0 Å². The van der Waals surface area contributed by atoms with Gasteiger partial charge in [-0.3, -0.25) is 0 Å². The zero-order valence-corrected chi connectivity index (χ0v) is 17.1. The van der Waals surface area contributed by atoms with E-state index in [9.17, 15) is 30.0 Å². The van der Waals surface area contributed by atoms with Gasteiger partial charge in [0.05, 0.1) is 12.5 Å². The van der Waals surface area contributed by atoms with E-state index in [4.69, 9.17) is 16.3 Å². The number of benzene rings is 1. The maximum Gasteiger partial charge on any atom is 0.397 e. The van der Waals surface area contributed by atoms with Crippen LogP contribution in [0.4, 0.5) is 13.2 Å². The minimum absolute atomic E-state index is 0.0683. The Morgan fingerprint density at radius 3 is 2.54 bits per heavy atom. The Morgan fingerprint density at radius 1 is 1.36 bits per heavy atom. The van der Waals surface area contributed by atoms with Gasteiger partial charge in [0.1, 0.15) is 10.6 Å². The summed E-state index contributed by atoms with van der Waals surface area (Å²) >= 11 is 5.83. The lowest BCUT2D eigenvalue weighted by Crippen LogP contribution is -2.49. The molecule has 1 fully saturated rings. The second kappa shape index (κ2) is 7.82. The number of ether oxygens (including phenoxy) is 1. The van der Waals surface area contributed by atoms with Gasteiger partial charge in [-0.1, -0.05) is 18.2 Å². The van der Waals surface area contributed by atoms with Crippen molar-refractivity contribution in [3.8, 4) is 5.75 Å². The van der Waals surface area contributed by atoms with Crippen molar-refractivity contribution >= 4 is 31.6 Å².